The van der Waals surface area contributed by atoms with Crippen molar-refractivity contribution >= 4 is 93.0 Å². The Labute approximate surface area is 665 Å². The van der Waals surface area contributed by atoms with E-state index in [9.17, 15) is 28.8 Å². The number of thiol groups is 1. The summed E-state index contributed by atoms with van der Waals surface area (Å²) in [4.78, 5) is 112. The van der Waals surface area contributed by atoms with Gasteiger partial charge in [-0.3, -0.25) is 24.4 Å². The minimum Gasteiger partial charge on any atom is -0.488 e. The van der Waals surface area contributed by atoms with Gasteiger partial charge in [0.15, 0.2) is 0 Å². The maximum atomic E-state index is 14.3. The zero-order valence-corrected chi connectivity index (χ0v) is 67.2. The summed E-state index contributed by atoms with van der Waals surface area (Å²) >= 11 is 3.53. The van der Waals surface area contributed by atoms with Crippen molar-refractivity contribution in [2.24, 2.45) is 39.6 Å². The van der Waals surface area contributed by atoms with Crippen LogP contribution in [0.4, 0.5) is 25.8 Å². The van der Waals surface area contributed by atoms with Crippen LogP contribution in [0.5, 0.6) is 11.5 Å². The average Bonchev–Trinajstić information content (AvgIpc) is 1.65. The Hall–Kier alpha value is -10.2. The number of carbonyl (C=O) groups is 6. The monoisotopic (exact) mass is 1550 g/mol. The third-order valence-corrected chi connectivity index (χ3v) is 25.7. The first-order valence-electron chi connectivity index (χ1n) is 40.7. The van der Waals surface area contributed by atoms with Gasteiger partial charge < -0.3 is 64.3 Å². The van der Waals surface area contributed by atoms with E-state index in [0.29, 0.717) is 50.4 Å². The number of amides is 6. The van der Waals surface area contributed by atoms with Gasteiger partial charge in [0.1, 0.15) is 54.5 Å². The van der Waals surface area contributed by atoms with E-state index in [-0.39, 0.29) is 65.7 Å². The fourth-order valence-corrected chi connectivity index (χ4v) is 20.0. The summed E-state index contributed by atoms with van der Waals surface area (Å²) in [7, 11) is 3.95. The summed E-state index contributed by atoms with van der Waals surface area (Å²) < 4.78 is 27.5. The number of benzene rings is 6. The number of imidazole rings is 2. The third-order valence-electron chi connectivity index (χ3n) is 25.7. The van der Waals surface area contributed by atoms with E-state index in [2.05, 4.69) is 133 Å². The van der Waals surface area contributed by atoms with Crippen molar-refractivity contribution in [3.63, 3.8) is 0 Å². The normalized spacial score (nSPS) is 22.2. The van der Waals surface area contributed by atoms with Crippen molar-refractivity contribution < 1.29 is 52.5 Å². The number of fused-ring (bicyclic) bond motifs is 14. The molecule has 6 amide bonds. The van der Waals surface area contributed by atoms with Crippen LogP contribution in [-0.2, 0) is 54.6 Å². The van der Waals surface area contributed by atoms with Crippen LogP contribution in [0.25, 0.3) is 66.3 Å². The number of aromatic amines is 2. The zero-order chi connectivity index (χ0) is 78.8. The Bertz CT molecular complexity index is 5110. The molecule has 2 aromatic heterocycles. The van der Waals surface area contributed by atoms with E-state index >= 15 is 0 Å². The summed E-state index contributed by atoms with van der Waals surface area (Å²) in [6.07, 6.45) is 19.9. The smallest absolute Gasteiger partial charge is 0.407 e. The highest BCUT2D eigenvalue weighted by Gasteiger charge is 2.52. The number of H-pyrrole nitrogens is 2. The van der Waals surface area contributed by atoms with Gasteiger partial charge in [0.2, 0.25) is 17.7 Å². The highest BCUT2D eigenvalue weighted by molar-refractivity contribution is 7.79. The molecular formula is C89H104N12O11S. The maximum Gasteiger partial charge on any atom is 0.407 e. The van der Waals surface area contributed by atoms with Crippen LogP contribution in [0.3, 0.4) is 0 Å². The first-order chi connectivity index (χ1) is 54.8. The van der Waals surface area contributed by atoms with Crippen molar-refractivity contribution in [3.05, 3.63) is 131 Å². The van der Waals surface area contributed by atoms with E-state index in [1.165, 1.54) is 63.7 Å². The molecule has 1 unspecified atom stereocenters. The largest absolute Gasteiger partial charge is 0.488 e. The van der Waals surface area contributed by atoms with Gasteiger partial charge in [-0.25, -0.2) is 24.4 Å². The van der Waals surface area contributed by atoms with E-state index < -0.39 is 36.4 Å². The molecule has 113 heavy (non-hydrogen) atoms. The highest BCUT2D eigenvalue weighted by Crippen LogP contribution is 2.51. The number of methoxy groups -OCH3 is 3. The summed E-state index contributed by atoms with van der Waals surface area (Å²) in [5, 5.41) is 12.9. The maximum absolute atomic E-state index is 14.3. The molecule has 3 saturated heterocycles. The van der Waals surface area contributed by atoms with Gasteiger partial charge in [-0.05, 0) is 215 Å². The molecule has 23 nitrogen and oxygen atoms in total. The van der Waals surface area contributed by atoms with E-state index in [0.717, 1.165) is 182 Å². The molecule has 7 aliphatic heterocycles. The molecule has 0 bridgehead atoms. The van der Waals surface area contributed by atoms with Crippen LogP contribution in [-0.4, -0.2) is 158 Å². The van der Waals surface area contributed by atoms with E-state index in [1.54, 1.807) is 6.26 Å². The lowest BCUT2D eigenvalue weighted by atomic mass is 9.90. The summed E-state index contributed by atoms with van der Waals surface area (Å²) in [6, 6.07) is 28.3. The lowest BCUT2D eigenvalue weighted by molar-refractivity contribution is -0.137. The van der Waals surface area contributed by atoms with E-state index in [1.807, 2.05) is 58.8 Å². The van der Waals surface area contributed by atoms with Gasteiger partial charge >= 0.3 is 18.3 Å². The molecular weight excluding hydrogens is 1450 g/mol. The predicted octanol–water partition coefficient (Wildman–Crippen LogP) is 16.4. The van der Waals surface area contributed by atoms with Crippen molar-refractivity contribution in [1.29, 1.82) is 0 Å². The molecule has 24 heteroatoms. The lowest BCUT2D eigenvalue weighted by Gasteiger charge is -2.34. The second-order valence-corrected chi connectivity index (χ2v) is 33.3. The Morgan fingerprint density at radius 2 is 0.929 bits per heavy atom. The molecule has 8 aromatic rings. The van der Waals surface area contributed by atoms with Crippen molar-refractivity contribution in [2.75, 3.05) is 34.1 Å². The Morgan fingerprint density at radius 1 is 0.487 bits per heavy atom. The van der Waals surface area contributed by atoms with Crippen LogP contribution in [0.1, 0.15) is 177 Å². The Balaban J connectivity index is 0.000000170. The average molecular weight is 1550 g/mol. The number of nitrogens with one attached hydrogen (secondary N) is 5. The first-order valence-corrected chi connectivity index (χ1v) is 41.6. The quantitative estimate of drug-likeness (QED) is 0.0412. The minimum absolute atomic E-state index is 0.0283. The highest BCUT2D eigenvalue weighted by atomic mass is 32.1. The summed E-state index contributed by atoms with van der Waals surface area (Å²) in [6.45, 7) is 13.2. The number of alkyl carbamates (subject to hydrolysis) is 3. The van der Waals surface area contributed by atoms with Gasteiger partial charge in [-0.2, -0.15) is 12.6 Å². The SMILES string of the molecule is COC(=O)N[C@H](C(=O)N1CCCC1c1ncc(-c2ccc3c(c2)COc2cc4c5c(ccc4cc2-3)N=C([C@@H]2C[C@@H]3CCC[C@@H]3N2C(=O)[C@@H](NC(=O)OC)C(C)C)C5)[nH]1)C(C)C.COC(=O)N[C@H](C(=O)N1[C@H](C2=Nc3ccc4cc5c(cc4c3C2)OCc2cc(-c3cnc(C4CCCC4)[nH]3)ccc2-5)C[C@@H]2CCC[C@@H]21)C(C)C.CS. The van der Waals surface area contributed by atoms with Crippen LogP contribution in [0.15, 0.2) is 107 Å². The molecule has 0 spiro atoms. The number of carbonyl (C=O) groups excluding carboxylic acids is 6. The molecule has 6 aromatic carbocycles. The Morgan fingerprint density at radius 3 is 1.38 bits per heavy atom. The van der Waals surface area contributed by atoms with Crippen LogP contribution >= 0.6 is 12.6 Å². The summed E-state index contributed by atoms with van der Waals surface area (Å²) in [5.74, 6) is 4.48. The molecule has 592 valence electrons. The van der Waals surface area contributed by atoms with Crippen LogP contribution < -0.4 is 25.4 Å². The van der Waals surface area contributed by atoms with Crippen LogP contribution in [0, 0.1) is 29.6 Å². The first kappa shape index (κ1) is 76.7. The third kappa shape index (κ3) is 14.5. The van der Waals surface area contributed by atoms with Crippen molar-refractivity contribution in [3.8, 4) is 56.3 Å². The number of aromatic nitrogens is 4. The van der Waals surface area contributed by atoms with Gasteiger partial charge in [-0.1, -0.05) is 104 Å². The van der Waals surface area contributed by atoms with Crippen LogP contribution in [0.2, 0.25) is 0 Å². The predicted molar refractivity (Wildman–Crippen MR) is 439 cm³/mol. The fraction of sp³-hybridized carbons (Fsp3) is 0.483. The van der Waals surface area contributed by atoms with Crippen molar-refractivity contribution in [2.45, 2.75) is 212 Å². The topological polar surface area (TPSA) is 276 Å². The number of hydrogen-bond donors (Lipinski definition) is 6. The lowest BCUT2D eigenvalue weighted by Crippen LogP contribution is -2.56. The van der Waals surface area contributed by atoms with Gasteiger partial charge in [0.05, 0.1) is 74.6 Å². The molecule has 10 aliphatic rings. The number of ether oxygens (including phenoxy) is 5. The van der Waals surface area contributed by atoms with Gasteiger partial charge in [-0.15, -0.1) is 0 Å². The second-order valence-electron chi connectivity index (χ2n) is 33.3. The number of nitrogens with zero attached hydrogens (tertiary/aromatic N) is 7. The number of hydrogen-bond acceptors (Lipinski definition) is 16. The van der Waals surface area contributed by atoms with Crippen molar-refractivity contribution in [1.82, 2.24) is 50.6 Å². The standard InChI is InChI=1S/C47H55N7O7.C41H45N5O4.CH4S/c1-24(2)41(51-46(57)59-5)44(55)53-16-8-11-38(53)43-48-22-36(50-43)27-12-14-30-29(17-27)23-61-40-21-31-26(18-33(30)40)13-15-34-32(31)20-35(49-34)39-19-28-9-7-10-37(28)54(39)45(56)42(25(3)4)52-47(58)60-6;1-22(2)38(45-41(48)49-3)40(47)46-35-10-6-9-26(35)17-36(46)33-18-30-29-19-37-31(16-24(29)12-14-32(30)43-33)28-13-11-25(15-27(28)21-50-37)34-20-42-39(44-34)23-7-4-5-8-23;1-2/h12-15,17-18,21-22,24-25,28,37-39,41-42H,7-11,16,19-20,23H2,1-6H3,(H,48,50)(H,51,57)(H,52,58);11-16,19-20,22-23,26,35-36,38H,4-10,17-18,21H2,1-3H3,(H,42,44)(H,45,48);2H,1H3/t28-,37-,38?,39-,41-,42-;26-,35-,36-,38-;/m00./s1. The fourth-order valence-electron chi connectivity index (χ4n) is 20.0. The molecule has 10 atom stereocenters. The Kier molecular flexibility index (Phi) is 21.7. The second kappa shape index (κ2) is 32.0. The number of likely N-dealkylation sites (tertiary alicyclic amines) is 3. The zero-order valence-electron chi connectivity index (χ0n) is 66.3. The molecule has 0 radical (unpaired) electrons. The molecule has 5 N–H and O–H groups in total. The molecule has 3 aliphatic carbocycles. The number of aliphatic imine (C=N–C) groups is 2. The minimum atomic E-state index is -0.698. The molecule has 18 rings (SSSR count). The molecule has 9 heterocycles. The van der Waals surface area contributed by atoms with Gasteiger partial charge in [0, 0.05) is 59.9 Å². The molecule has 6 fully saturated rings. The summed E-state index contributed by atoms with van der Waals surface area (Å²) in [5.41, 5.74) is 17.0. The van der Waals surface area contributed by atoms with Gasteiger partial charge in [0.25, 0.3) is 0 Å². The molecule has 3 saturated carbocycles. The van der Waals surface area contributed by atoms with E-state index in [4.69, 9.17) is 43.6 Å². The number of rotatable bonds is 15.